The fourth-order valence-electron chi connectivity index (χ4n) is 2.34. The first-order valence-electron chi connectivity index (χ1n) is 8.11. The Morgan fingerprint density at radius 3 is 2.43 bits per heavy atom. The van der Waals surface area contributed by atoms with Gasteiger partial charge in [-0.3, -0.25) is 0 Å². The van der Waals surface area contributed by atoms with Crippen molar-refractivity contribution >= 4 is 5.71 Å². The number of hydrogen-bond donors (Lipinski definition) is 1. The summed E-state index contributed by atoms with van der Waals surface area (Å²) in [6, 6.07) is 5.96. The van der Waals surface area contributed by atoms with Gasteiger partial charge in [-0.15, -0.1) is 0 Å². The van der Waals surface area contributed by atoms with Crippen LogP contribution in [0.5, 0.6) is 5.75 Å². The van der Waals surface area contributed by atoms with Crippen LogP contribution in [0, 0.1) is 6.92 Å². The van der Waals surface area contributed by atoms with Crippen molar-refractivity contribution in [3.63, 3.8) is 0 Å². The highest BCUT2D eigenvalue weighted by atomic mass is 16.5. The molecule has 0 radical (unpaired) electrons. The van der Waals surface area contributed by atoms with E-state index in [2.05, 4.69) is 12.1 Å². The monoisotopic (exact) mass is 291 g/mol. The Labute approximate surface area is 129 Å². The lowest BCUT2D eigenvalue weighted by atomic mass is 10.1. The van der Waals surface area contributed by atoms with E-state index in [-0.39, 0.29) is 0 Å². The van der Waals surface area contributed by atoms with Crippen LogP contribution in [0.1, 0.15) is 69.9 Å². The molecule has 0 aliphatic rings. The van der Waals surface area contributed by atoms with Crippen LogP contribution in [0.2, 0.25) is 0 Å². The Morgan fingerprint density at radius 1 is 1.10 bits per heavy atom. The fraction of sp³-hybridized carbons (Fsp3) is 0.611. The van der Waals surface area contributed by atoms with E-state index in [4.69, 9.17) is 9.94 Å². The predicted octanol–water partition coefficient (Wildman–Crippen LogP) is 5.32. The number of oxime groups is 1. The van der Waals surface area contributed by atoms with Gasteiger partial charge in [0.15, 0.2) is 0 Å². The van der Waals surface area contributed by atoms with Gasteiger partial charge in [0.2, 0.25) is 0 Å². The zero-order chi connectivity index (χ0) is 15.5. The fourth-order valence-corrected chi connectivity index (χ4v) is 2.34. The molecule has 0 amide bonds. The largest absolute Gasteiger partial charge is 0.493 e. The highest BCUT2D eigenvalue weighted by Crippen LogP contribution is 2.21. The minimum Gasteiger partial charge on any atom is -0.493 e. The molecular weight excluding hydrogens is 262 g/mol. The Morgan fingerprint density at radius 2 is 1.76 bits per heavy atom. The summed E-state index contributed by atoms with van der Waals surface area (Å²) in [5, 5.41) is 12.2. The lowest BCUT2D eigenvalue weighted by molar-refractivity contribution is 0.301. The number of nitrogens with zero attached hydrogens (tertiary/aromatic N) is 1. The Kier molecular flexibility index (Phi) is 8.56. The molecule has 1 N–H and O–H groups in total. The number of hydrogen-bond acceptors (Lipinski definition) is 3. The predicted molar refractivity (Wildman–Crippen MR) is 88.7 cm³/mol. The molecule has 0 saturated heterocycles. The highest BCUT2D eigenvalue weighted by molar-refractivity contribution is 6.00. The molecule has 21 heavy (non-hydrogen) atoms. The summed E-state index contributed by atoms with van der Waals surface area (Å²) in [5.41, 5.74) is 2.61. The van der Waals surface area contributed by atoms with Crippen molar-refractivity contribution in [1.82, 2.24) is 0 Å². The second-order valence-electron chi connectivity index (χ2n) is 5.65. The smallest absolute Gasteiger partial charge is 0.128 e. The van der Waals surface area contributed by atoms with E-state index in [0.717, 1.165) is 29.9 Å². The van der Waals surface area contributed by atoms with Crippen molar-refractivity contribution in [2.75, 3.05) is 6.61 Å². The quantitative estimate of drug-likeness (QED) is 0.274. The third-order valence-corrected chi connectivity index (χ3v) is 3.68. The van der Waals surface area contributed by atoms with Crippen molar-refractivity contribution in [1.29, 1.82) is 0 Å². The Balaban J connectivity index is 2.36. The SMILES string of the molecule is CCCCCCCCCOc1cc(C)ccc1C(C)=NO. The molecule has 1 rings (SSSR count). The maximum absolute atomic E-state index is 8.93. The summed E-state index contributed by atoms with van der Waals surface area (Å²) >= 11 is 0. The lowest BCUT2D eigenvalue weighted by Crippen LogP contribution is -2.04. The summed E-state index contributed by atoms with van der Waals surface area (Å²) in [7, 11) is 0. The molecule has 1 aromatic carbocycles. The Bertz CT molecular complexity index is 441. The average molecular weight is 291 g/mol. The third kappa shape index (κ3) is 6.65. The van der Waals surface area contributed by atoms with Gasteiger partial charge in [0.1, 0.15) is 5.75 Å². The molecule has 0 spiro atoms. The molecule has 3 heteroatoms. The van der Waals surface area contributed by atoms with Gasteiger partial charge in [-0.25, -0.2) is 0 Å². The first-order chi connectivity index (χ1) is 10.2. The molecule has 0 bridgehead atoms. The second kappa shape index (κ2) is 10.3. The van der Waals surface area contributed by atoms with E-state index in [0.29, 0.717) is 5.71 Å². The third-order valence-electron chi connectivity index (χ3n) is 3.68. The normalized spacial score (nSPS) is 11.7. The van der Waals surface area contributed by atoms with Crippen molar-refractivity contribution in [3.8, 4) is 5.75 Å². The number of unbranched alkanes of at least 4 members (excludes halogenated alkanes) is 6. The van der Waals surface area contributed by atoms with E-state index < -0.39 is 0 Å². The standard InChI is InChI=1S/C18H29NO2/c1-4-5-6-7-8-9-10-13-21-18-14-15(2)11-12-17(18)16(3)19-20/h11-12,14,20H,4-10,13H2,1-3H3. The van der Waals surface area contributed by atoms with Gasteiger partial charge in [0.25, 0.3) is 0 Å². The van der Waals surface area contributed by atoms with Gasteiger partial charge in [-0.2, -0.15) is 0 Å². The van der Waals surface area contributed by atoms with Gasteiger partial charge < -0.3 is 9.94 Å². The molecule has 118 valence electrons. The van der Waals surface area contributed by atoms with E-state index in [9.17, 15) is 0 Å². The van der Waals surface area contributed by atoms with Gasteiger partial charge in [-0.1, -0.05) is 56.7 Å². The molecule has 0 fully saturated rings. The van der Waals surface area contributed by atoms with Gasteiger partial charge >= 0.3 is 0 Å². The second-order valence-corrected chi connectivity index (χ2v) is 5.65. The Hall–Kier alpha value is -1.51. The molecule has 0 unspecified atom stereocenters. The molecule has 0 aromatic heterocycles. The van der Waals surface area contributed by atoms with Crippen molar-refractivity contribution < 1.29 is 9.94 Å². The van der Waals surface area contributed by atoms with Crippen LogP contribution in [-0.4, -0.2) is 17.5 Å². The first-order valence-corrected chi connectivity index (χ1v) is 8.11. The van der Waals surface area contributed by atoms with Crippen LogP contribution in [0.4, 0.5) is 0 Å². The van der Waals surface area contributed by atoms with Crippen LogP contribution in [-0.2, 0) is 0 Å². The number of ether oxygens (including phenoxy) is 1. The first kappa shape index (κ1) is 17.5. The topological polar surface area (TPSA) is 41.8 Å². The maximum Gasteiger partial charge on any atom is 0.128 e. The number of aryl methyl sites for hydroxylation is 1. The zero-order valence-electron chi connectivity index (χ0n) is 13.7. The molecular formula is C18H29NO2. The van der Waals surface area contributed by atoms with E-state index in [1.165, 1.54) is 38.5 Å². The number of benzene rings is 1. The zero-order valence-corrected chi connectivity index (χ0v) is 13.7. The van der Waals surface area contributed by atoms with Crippen LogP contribution < -0.4 is 4.74 Å². The summed E-state index contributed by atoms with van der Waals surface area (Å²) in [6.07, 6.45) is 8.92. The van der Waals surface area contributed by atoms with Crippen LogP contribution >= 0.6 is 0 Å². The van der Waals surface area contributed by atoms with Crippen molar-refractivity contribution in [2.45, 2.75) is 65.7 Å². The molecule has 0 aliphatic carbocycles. The number of rotatable bonds is 10. The van der Waals surface area contributed by atoms with Crippen LogP contribution in [0.25, 0.3) is 0 Å². The maximum atomic E-state index is 8.93. The molecule has 1 aromatic rings. The minimum atomic E-state index is 0.588. The molecule has 0 heterocycles. The lowest BCUT2D eigenvalue weighted by Gasteiger charge is -2.11. The van der Waals surface area contributed by atoms with Crippen LogP contribution in [0.3, 0.4) is 0 Å². The summed E-state index contributed by atoms with van der Waals surface area (Å²) in [6.45, 7) is 6.79. The average Bonchev–Trinajstić information content (AvgIpc) is 2.49. The van der Waals surface area contributed by atoms with Gasteiger partial charge in [0, 0.05) is 5.56 Å². The van der Waals surface area contributed by atoms with Crippen molar-refractivity contribution in [3.05, 3.63) is 29.3 Å². The summed E-state index contributed by atoms with van der Waals surface area (Å²) in [5.74, 6) is 0.816. The van der Waals surface area contributed by atoms with E-state index >= 15 is 0 Å². The molecule has 0 atom stereocenters. The van der Waals surface area contributed by atoms with Gasteiger partial charge in [0.05, 0.1) is 12.3 Å². The minimum absolute atomic E-state index is 0.588. The highest BCUT2D eigenvalue weighted by Gasteiger charge is 2.07. The van der Waals surface area contributed by atoms with E-state index in [1.807, 2.05) is 25.1 Å². The molecule has 3 nitrogen and oxygen atoms in total. The van der Waals surface area contributed by atoms with Gasteiger partial charge in [-0.05, 0) is 38.0 Å². The van der Waals surface area contributed by atoms with Crippen LogP contribution in [0.15, 0.2) is 23.4 Å². The van der Waals surface area contributed by atoms with Crippen molar-refractivity contribution in [2.24, 2.45) is 5.16 Å². The summed E-state index contributed by atoms with van der Waals surface area (Å²) < 4.78 is 5.88. The molecule has 0 saturated carbocycles. The molecule has 0 aliphatic heterocycles. The summed E-state index contributed by atoms with van der Waals surface area (Å²) in [4.78, 5) is 0. The van der Waals surface area contributed by atoms with E-state index in [1.54, 1.807) is 6.92 Å².